The predicted molar refractivity (Wildman–Crippen MR) is 95.5 cm³/mol. The highest BCUT2D eigenvalue weighted by atomic mass is 32.1. The number of halogens is 2. The van der Waals surface area contributed by atoms with E-state index < -0.39 is 29.5 Å². The van der Waals surface area contributed by atoms with Crippen LogP contribution in [0.1, 0.15) is 30.2 Å². The van der Waals surface area contributed by atoms with E-state index in [2.05, 4.69) is 15.6 Å². The van der Waals surface area contributed by atoms with E-state index in [1.54, 1.807) is 6.20 Å². The lowest BCUT2D eigenvalue weighted by Crippen LogP contribution is -2.44. The minimum Gasteiger partial charge on any atom is -0.344 e. The Kier molecular flexibility index (Phi) is 7.16. The van der Waals surface area contributed by atoms with Crippen LogP contribution in [0.5, 0.6) is 0 Å². The first-order chi connectivity index (χ1) is 12.4. The van der Waals surface area contributed by atoms with Crippen molar-refractivity contribution in [3.05, 3.63) is 46.5 Å². The molecule has 0 bridgehead atoms. The number of nitrogens with two attached hydrogens (primary N) is 1. The van der Waals surface area contributed by atoms with Crippen molar-refractivity contribution in [3.63, 3.8) is 0 Å². The smallest absolute Gasteiger partial charge is 0.248 e. The maximum atomic E-state index is 13.2. The fourth-order valence-electron chi connectivity index (χ4n) is 2.35. The molecule has 1 aromatic carbocycles. The summed E-state index contributed by atoms with van der Waals surface area (Å²) < 4.78 is 26.4. The predicted octanol–water partition coefficient (Wildman–Crippen LogP) is 2.35. The fourth-order valence-corrected chi connectivity index (χ4v) is 3.05. The fraction of sp³-hybridized carbons (Fsp3) is 0.353. The van der Waals surface area contributed by atoms with Crippen LogP contribution in [0.15, 0.2) is 24.4 Å². The summed E-state index contributed by atoms with van der Waals surface area (Å²) in [4.78, 5) is 29.4. The first kappa shape index (κ1) is 19.9. The van der Waals surface area contributed by atoms with E-state index >= 15 is 0 Å². The Morgan fingerprint density at radius 1 is 1.27 bits per heavy atom. The largest absolute Gasteiger partial charge is 0.344 e. The summed E-state index contributed by atoms with van der Waals surface area (Å²) in [5.74, 6) is -2.40. The van der Waals surface area contributed by atoms with Gasteiger partial charge in [-0.3, -0.25) is 9.59 Å². The molecule has 140 valence electrons. The molecular weight excluding hydrogens is 362 g/mol. The Labute approximate surface area is 153 Å². The first-order valence-electron chi connectivity index (χ1n) is 8.11. The van der Waals surface area contributed by atoms with E-state index in [1.165, 1.54) is 11.3 Å². The molecule has 0 saturated heterocycles. The molecule has 1 heterocycles. The Bertz CT molecular complexity index is 762. The van der Waals surface area contributed by atoms with Crippen molar-refractivity contribution in [3.8, 4) is 0 Å². The van der Waals surface area contributed by atoms with Gasteiger partial charge in [-0.2, -0.15) is 0 Å². The van der Waals surface area contributed by atoms with Crippen LogP contribution in [0.4, 0.5) is 13.9 Å². The van der Waals surface area contributed by atoms with Gasteiger partial charge in [-0.1, -0.05) is 13.3 Å². The van der Waals surface area contributed by atoms with Crippen molar-refractivity contribution in [2.75, 3.05) is 5.32 Å². The van der Waals surface area contributed by atoms with Gasteiger partial charge in [0.2, 0.25) is 11.8 Å². The van der Waals surface area contributed by atoms with Gasteiger partial charge in [0.1, 0.15) is 17.7 Å². The van der Waals surface area contributed by atoms with E-state index in [4.69, 9.17) is 5.73 Å². The molecular formula is C17H20F2N4O2S. The zero-order chi connectivity index (χ0) is 19.1. The van der Waals surface area contributed by atoms with Crippen molar-refractivity contribution >= 4 is 28.3 Å². The number of rotatable bonds is 8. The summed E-state index contributed by atoms with van der Waals surface area (Å²) in [5.41, 5.74) is 5.71. The maximum absolute atomic E-state index is 13.2. The third-order valence-corrected chi connectivity index (χ3v) is 4.44. The first-order valence-corrected chi connectivity index (χ1v) is 8.93. The minimum absolute atomic E-state index is 0.197. The van der Waals surface area contributed by atoms with Crippen LogP contribution in [0.3, 0.4) is 0 Å². The molecule has 2 amide bonds. The van der Waals surface area contributed by atoms with Crippen molar-refractivity contribution < 1.29 is 18.4 Å². The standard InChI is InChI=1S/C17H20F2N4O2S/c1-2-3-14(16(25)23-17-21-9-13(8-20)26-17)22-15(24)6-10-4-11(18)7-12(19)5-10/h4-5,7,9,14H,2-3,6,8,20H2,1H3,(H,22,24)(H,21,23,25)/t14-/m0/s1. The summed E-state index contributed by atoms with van der Waals surface area (Å²) in [6.07, 6.45) is 2.44. The molecule has 2 rings (SSSR count). The average molecular weight is 382 g/mol. The van der Waals surface area contributed by atoms with Gasteiger partial charge in [0.25, 0.3) is 0 Å². The van der Waals surface area contributed by atoms with Crippen molar-refractivity contribution in [2.45, 2.75) is 38.8 Å². The quantitative estimate of drug-likeness (QED) is 0.653. The van der Waals surface area contributed by atoms with Gasteiger partial charge in [0, 0.05) is 23.7 Å². The molecule has 1 aromatic heterocycles. The zero-order valence-electron chi connectivity index (χ0n) is 14.2. The van der Waals surface area contributed by atoms with Gasteiger partial charge in [0.15, 0.2) is 5.13 Å². The van der Waals surface area contributed by atoms with E-state index in [9.17, 15) is 18.4 Å². The number of nitrogens with zero attached hydrogens (tertiary/aromatic N) is 1. The second kappa shape index (κ2) is 9.35. The molecule has 0 aliphatic carbocycles. The lowest BCUT2D eigenvalue weighted by atomic mass is 10.1. The lowest BCUT2D eigenvalue weighted by Gasteiger charge is -2.17. The number of benzene rings is 1. The number of nitrogens with one attached hydrogen (secondary N) is 2. The van der Waals surface area contributed by atoms with E-state index in [-0.39, 0.29) is 12.0 Å². The van der Waals surface area contributed by atoms with Crippen LogP contribution < -0.4 is 16.4 Å². The number of aromatic nitrogens is 1. The number of hydrogen-bond acceptors (Lipinski definition) is 5. The Hall–Kier alpha value is -2.39. The summed E-state index contributed by atoms with van der Waals surface area (Å²) in [5, 5.41) is 5.65. The van der Waals surface area contributed by atoms with Crippen LogP contribution in [0.2, 0.25) is 0 Å². The highest BCUT2D eigenvalue weighted by molar-refractivity contribution is 7.15. The molecule has 0 aliphatic heterocycles. The molecule has 6 nitrogen and oxygen atoms in total. The van der Waals surface area contributed by atoms with E-state index in [0.717, 1.165) is 23.1 Å². The minimum atomic E-state index is -0.767. The number of carbonyl (C=O) groups excluding carboxylic acids is 2. The molecule has 2 aromatic rings. The van der Waals surface area contributed by atoms with Gasteiger partial charge >= 0.3 is 0 Å². The monoisotopic (exact) mass is 382 g/mol. The molecule has 0 unspecified atom stereocenters. The Morgan fingerprint density at radius 2 is 1.96 bits per heavy atom. The van der Waals surface area contributed by atoms with E-state index in [0.29, 0.717) is 24.5 Å². The van der Waals surface area contributed by atoms with E-state index in [1.807, 2.05) is 6.92 Å². The SMILES string of the molecule is CCC[C@H](NC(=O)Cc1cc(F)cc(F)c1)C(=O)Nc1ncc(CN)s1. The van der Waals surface area contributed by atoms with Crippen LogP contribution in [-0.2, 0) is 22.6 Å². The van der Waals surface area contributed by atoms with Crippen LogP contribution in [-0.4, -0.2) is 22.8 Å². The second-order valence-electron chi connectivity index (χ2n) is 5.69. The molecule has 26 heavy (non-hydrogen) atoms. The van der Waals surface area contributed by atoms with Crippen molar-refractivity contribution in [1.29, 1.82) is 0 Å². The van der Waals surface area contributed by atoms with Crippen LogP contribution in [0.25, 0.3) is 0 Å². The Balaban J connectivity index is 1.99. The molecule has 0 spiro atoms. The zero-order valence-corrected chi connectivity index (χ0v) is 15.0. The maximum Gasteiger partial charge on any atom is 0.248 e. The molecule has 9 heteroatoms. The summed E-state index contributed by atoms with van der Waals surface area (Å²) in [6.45, 7) is 2.21. The normalized spacial score (nSPS) is 11.8. The lowest BCUT2D eigenvalue weighted by molar-refractivity contribution is -0.126. The number of anilines is 1. The number of hydrogen-bond donors (Lipinski definition) is 3. The molecule has 1 atom stereocenters. The summed E-state index contributed by atoms with van der Waals surface area (Å²) in [6, 6.07) is 2.14. The van der Waals surface area contributed by atoms with Crippen molar-refractivity contribution in [2.24, 2.45) is 5.73 Å². The molecule has 4 N–H and O–H groups in total. The summed E-state index contributed by atoms with van der Waals surface area (Å²) >= 11 is 1.26. The average Bonchev–Trinajstić information content (AvgIpc) is 3.01. The molecule has 0 radical (unpaired) electrons. The second-order valence-corrected chi connectivity index (χ2v) is 6.80. The van der Waals surface area contributed by atoms with Crippen molar-refractivity contribution in [1.82, 2.24) is 10.3 Å². The van der Waals surface area contributed by atoms with Gasteiger partial charge < -0.3 is 16.4 Å². The van der Waals surface area contributed by atoms with Gasteiger partial charge in [-0.15, -0.1) is 11.3 Å². The van der Waals surface area contributed by atoms with Gasteiger partial charge in [0.05, 0.1) is 6.42 Å². The third kappa shape index (κ3) is 5.85. The molecule has 0 aliphatic rings. The number of amides is 2. The van der Waals surface area contributed by atoms with Crippen LogP contribution in [0, 0.1) is 11.6 Å². The highest BCUT2D eigenvalue weighted by Gasteiger charge is 2.21. The molecule has 0 saturated carbocycles. The van der Waals surface area contributed by atoms with Crippen LogP contribution >= 0.6 is 11.3 Å². The Morgan fingerprint density at radius 3 is 2.54 bits per heavy atom. The van der Waals surface area contributed by atoms with Gasteiger partial charge in [-0.25, -0.2) is 13.8 Å². The third-order valence-electron chi connectivity index (χ3n) is 3.50. The molecule has 0 fully saturated rings. The number of thiazole rings is 1. The highest BCUT2D eigenvalue weighted by Crippen LogP contribution is 2.18. The van der Waals surface area contributed by atoms with Gasteiger partial charge in [-0.05, 0) is 24.1 Å². The summed E-state index contributed by atoms with van der Waals surface area (Å²) in [7, 11) is 0. The number of carbonyl (C=O) groups is 2. The topological polar surface area (TPSA) is 97.1 Å².